The number of halogens is 3. The van der Waals surface area contributed by atoms with Crippen LogP contribution in [0.15, 0.2) is 48.5 Å². The first-order valence-corrected chi connectivity index (χ1v) is 7.69. The smallest absolute Gasteiger partial charge is 0.299 e. The third kappa shape index (κ3) is 3.68. The molecular formula is C20H15F3O. The summed E-state index contributed by atoms with van der Waals surface area (Å²) in [6.07, 6.45) is -2.96. The van der Waals surface area contributed by atoms with E-state index in [4.69, 9.17) is 0 Å². The third-order valence-corrected chi connectivity index (χ3v) is 4.18. The van der Waals surface area contributed by atoms with Crippen molar-refractivity contribution in [3.63, 3.8) is 0 Å². The van der Waals surface area contributed by atoms with E-state index in [-0.39, 0.29) is 11.7 Å². The molecule has 2 aromatic carbocycles. The van der Waals surface area contributed by atoms with E-state index < -0.39 is 11.7 Å². The fourth-order valence-corrected chi connectivity index (χ4v) is 2.88. The van der Waals surface area contributed by atoms with Gasteiger partial charge in [0.15, 0.2) is 0 Å². The van der Waals surface area contributed by atoms with Crippen LogP contribution in [0.5, 0.6) is 0 Å². The highest BCUT2D eigenvalue weighted by atomic mass is 19.4. The standard InChI is InChI=1S/C20H15F3O/c21-20(22,23)18-10-4-6-14(11-18)5-3-9-17-12-15-7-1-2-8-16(15)13-19(17)24/h1-2,4,6-8,10-11,17H,9,12-13H2. The number of carbonyl (C=O) groups excluding carboxylic acids is 1. The summed E-state index contributed by atoms with van der Waals surface area (Å²) in [6.45, 7) is 0. The predicted molar refractivity (Wildman–Crippen MR) is 85.3 cm³/mol. The average molecular weight is 328 g/mol. The minimum Gasteiger partial charge on any atom is -0.299 e. The summed E-state index contributed by atoms with van der Waals surface area (Å²) in [4.78, 5) is 12.2. The Labute approximate surface area is 138 Å². The number of ketones is 1. The van der Waals surface area contributed by atoms with Crippen LogP contribution in [0.25, 0.3) is 0 Å². The topological polar surface area (TPSA) is 17.1 Å². The lowest BCUT2D eigenvalue weighted by molar-refractivity contribution is -0.137. The van der Waals surface area contributed by atoms with Crippen LogP contribution >= 0.6 is 0 Å². The van der Waals surface area contributed by atoms with E-state index in [1.807, 2.05) is 24.3 Å². The lowest BCUT2D eigenvalue weighted by Gasteiger charge is -2.21. The molecule has 1 atom stereocenters. The van der Waals surface area contributed by atoms with Gasteiger partial charge in [-0.1, -0.05) is 42.2 Å². The Morgan fingerprint density at radius 3 is 2.54 bits per heavy atom. The van der Waals surface area contributed by atoms with Crippen LogP contribution in [-0.2, 0) is 23.8 Å². The second kappa shape index (κ2) is 6.52. The molecule has 0 amide bonds. The Bertz CT molecular complexity index is 825. The molecule has 3 rings (SSSR count). The predicted octanol–water partition coefficient (Wildman–Crippen LogP) is 4.43. The van der Waals surface area contributed by atoms with Gasteiger partial charge in [0.1, 0.15) is 5.78 Å². The van der Waals surface area contributed by atoms with Gasteiger partial charge in [-0.25, -0.2) is 0 Å². The SMILES string of the molecule is O=C1Cc2ccccc2CC1CC#Cc1cccc(C(F)(F)F)c1. The van der Waals surface area contributed by atoms with Gasteiger partial charge in [-0.3, -0.25) is 4.79 Å². The summed E-state index contributed by atoms with van der Waals surface area (Å²) < 4.78 is 38.0. The summed E-state index contributed by atoms with van der Waals surface area (Å²) in [7, 11) is 0. The molecule has 0 saturated heterocycles. The van der Waals surface area contributed by atoms with Crippen molar-refractivity contribution in [1.82, 2.24) is 0 Å². The van der Waals surface area contributed by atoms with Crippen molar-refractivity contribution < 1.29 is 18.0 Å². The van der Waals surface area contributed by atoms with Gasteiger partial charge < -0.3 is 0 Å². The van der Waals surface area contributed by atoms with Gasteiger partial charge in [0.05, 0.1) is 5.56 Å². The molecule has 0 aliphatic heterocycles. The Kier molecular flexibility index (Phi) is 4.44. The zero-order valence-corrected chi connectivity index (χ0v) is 12.9. The fraction of sp³-hybridized carbons (Fsp3) is 0.250. The van der Waals surface area contributed by atoms with E-state index in [0.29, 0.717) is 24.8 Å². The molecule has 24 heavy (non-hydrogen) atoms. The molecule has 0 saturated carbocycles. The van der Waals surface area contributed by atoms with Gasteiger partial charge in [0.2, 0.25) is 0 Å². The molecule has 4 heteroatoms. The largest absolute Gasteiger partial charge is 0.416 e. The molecule has 0 fully saturated rings. The lowest BCUT2D eigenvalue weighted by Crippen LogP contribution is -2.24. The van der Waals surface area contributed by atoms with E-state index in [1.165, 1.54) is 6.07 Å². The van der Waals surface area contributed by atoms with Gasteiger partial charge >= 0.3 is 6.18 Å². The van der Waals surface area contributed by atoms with Crippen molar-refractivity contribution >= 4 is 5.78 Å². The molecule has 1 nitrogen and oxygen atoms in total. The molecular weight excluding hydrogens is 313 g/mol. The Balaban J connectivity index is 1.71. The van der Waals surface area contributed by atoms with Crippen molar-refractivity contribution in [3.05, 3.63) is 70.8 Å². The van der Waals surface area contributed by atoms with E-state index in [1.54, 1.807) is 6.07 Å². The first-order valence-electron chi connectivity index (χ1n) is 7.69. The van der Waals surface area contributed by atoms with Gasteiger partial charge in [-0.2, -0.15) is 13.2 Å². The monoisotopic (exact) mass is 328 g/mol. The van der Waals surface area contributed by atoms with Crippen LogP contribution in [0.2, 0.25) is 0 Å². The second-order valence-corrected chi connectivity index (χ2v) is 5.90. The highest BCUT2D eigenvalue weighted by Gasteiger charge is 2.30. The molecule has 0 N–H and O–H groups in total. The number of benzene rings is 2. The van der Waals surface area contributed by atoms with E-state index in [2.05, 4.69) is 11.8 Å². The molecule has 0 heterocycles. The Hall–Kier alpha value is -2.54. The Morgan fingerprint density at radius 2 is 1.79 bits per heavy atom. The molecule has 0 spiro atoms. The maximum Gasteiger partial charge on any atom is 0.416 e. The number of hydrogen-bond donors (Lipinski definition) is 0. The molecule has 1 aliphatic carbocycles. The van der Waals surface area contributed by atoms with Gasteiger partial charge in [0, 0.05) is 24.3 Å². The zero-order chi connectivity index (χ0) is 17.2. The number of hydrogen-bond acceptors (Lipinski definition) is 1. The average Bonchev–Trinajstić information content (AvgIpc) is 2.55. The van der Waals surface area contributed by atoms with Crippen LogP contribution in [0.4, 0.5) is 13.2 Å². The lowest BCUT2D eigenvalue weighted by atomic mass is 9.81. The van der Waals surface area contributed by atoms with Crippen molar-refractivity contribution in [2.75, 3.05) is 0 Å². The number of Topliss-reactive ketones (excluding diaryl/α,β-unsaturated/α-hetero) is 1. The number of fused-ring (bicyclic) bond motifs is 1. The first-order chi connectivity index (χ1) is 11.4. The molecule has 122 valence electrons. The highest BCUT2D eigenvalue weighted by Crippen LogP contribution is 2.29. The summed E-state index contributed by atoms with van der Waals surface area (Å²) in [6, 6.07) is 12.8. The van der Waals surface area contributed by atoms with E-state index in [9.17, 15) is 18.0 Å². The number of carbonyl (C=O) groups is 1. The second-order valence-electron chi connectivity index (χ2n) is 5.90. The summed E-state index contributed by atoms with van der Waals surface area (Å²) >= 11 is 0. The van der Waals surface area contributed by atoms with Crippen LogP contribution < -0.4 is 0 Å². The van der Waals surface area contributed by atoms with Crippen LogP contribution in [-0.4, -0.2) is 5.78 Å². The van der Waals surface area contributed by atoms with Crippen molar-refractivity contribution in [2.45, 2.75) is 25.4 Å². The van der Waals surface area contributed by atoms with Crippen molar-refractivity contribution in [1.29, 1.82) is 0 Å². The molecule has 2 aromatic rings. The fourth-order valence-electron chi connectivity index (χ4n) is 2.88. The van der Waals surface area contributed by atoms with Gasteiger partial charge in [-0.15, -0.1) is 0 Å². The highest BCUT2D eigenvalue weighted by molar-refractivity contribution is 5.85. The molecule has 1 unspecified atom stereocenters. The number of alkyl halides is 3. The van der Waals surface area contributed by atoms with Crippen molar-refractivity contribution in [3.8, 4) is 11.8 Å². The Morgan fingerprint density at radius 1 is 1.04 bits per heavy atom. The summed E-state index contributed by atoms with van der Waals surface area (Å²) in [5.41, 5.74) is 1.82. The molecule has 0 aromatic heterocycles. The molecule has 0 bridgehead atoms. The van der Waals surface area contributed by atoms with Gasteiger partial charge in [-0.05, 0) is 35.7 Å². The normalized spacial score (nSPS) is 17.0. The third-order valence-electron chi connectivity index (χ3n) is 4.18. The molecule has 0 radical (unpaired) electrons. The maximum atomic E-state index is 12.7. The van der Waals surface area contributed by atoms with Crippen LogP contribution in [0.3, 0.4) is 0 Å². The van der Waals surface area contributed by atoms with Crippen LogP contribution in [0, 0.1) is 17.8 Å². The molecule has 1 aliphatic rings. The van der Waals surface area contributed by atoms with Gasteiger partial charge in [0.25, 0.3) is 0 Å². The minimum absolute atomic E-state index is 0.145. The summed E-state index contributed by atoms with van der Waals surface area (Å²) in [5.74, 6) is 5.58. The summed E-state index contributed by atoms with van der Waals surface area (Å²) in [5, 5.41) is 0. The quantitative estimate of drug-likeness (QED) is 0.708. The van der Waals surface area contributed by atoms with Crippen LogP contribution in [0.1, 0.15) is 28.7 Å². The van der Waals surface area contributed by atoms with Crippen molar-refractivity contribution in [2.24, 2.45) is 5.92 Å². The zero-order valence-electron chi connectivity index (χ0n) is 12.9. The number of rotatable bonds is 1. The minimum atomic E-state index is -4.37. The first kappa shape index (κ1) is 16.3. The van der Waals surface area contributed by atoms with E-state index >= 15 is 0 Å². The maximum absolute atomic E-state index is 12.7. The van der Waals surface area contributed by atoms with E-state index in [0.717, 1.165) is 23.3 Å².